The van der Waals surface area contributed by atoms with E-state index in [0.29, 0.717) is 10.9 Å². The first kappa shape index (κ1) is 23.9. The van der Waals surface area contributed by atoms with Crippen LogP contribution in [0.15, 0.2) is 65.6 Å². The lowest BCUT2D eigenvalue weighted by atomic mass is 9.97. The summed E-state index contributed by atoms with van der Waals surface area (Å²) in [4.78, 5) is 24.3. The average molecular weight is 492 g/mol. The van der Waals surface area contributed by atoms with Gasteiger partial charge in [-0.15, -0.1) is 11.7 Å². The van der Waals surface area contributed by atoms with Crippen molar-refractivity contribution in [1.29, 1.82) is 0 Å². The highest BCUT2D eigenvalue weighted by Gasteiger charge is 2.33. The molecule has 1 fully saturated rings. The maximum Gasteiger partial charge on any atom is 0.326 e. The van der Waals surface area contributed by atoms with Gasteiger partial charge in [0, 0.05) is 5.39 Å². The van der Waals surface area contributed by atoms with E-state index >= 15 is 0 Å². The van der Waals surface area contributed by atoms with Crippen LogP contribution in [0.2, 0.25) is 0 Å². The van der Waals surface area contributed by atoms with Crippen molar-refractivity contribution in [2.45, 2.75) is 43.2 Å². The molecule has 4 rings (SSSR count). The van der Waals surface area contributed by atoms with Crippen LogP contribution in [0.3, 0.4) is 0 Å². The lowest BCUT2D eigenvalue weighted by Gasteiger charge is -2.22. The molecule has 0 heterocycles. The molecule has 180 valence electrons. The third-order valence-corrected chi connectivity index (χ3v) is 6.93. The number of nitrogens with one attached hydrogen (secondary N) is 1. The highest BCUT2D eigenvalue weighted by atomic mass is 32.3. The molecule has 0 spiro atoms. The number of halogens is 3. The molecule has 0 unspecified atom stereocenters. The van der Waals surface area contributed by atoms with Gasteiger partial charge in [0.05, 0.1) is 10.5 Å². The van der Waals surface area contributed by atoms with Gasteiger partial charge in [0.15, 0.2) is 0 Å². The zero-order valence-corrected chi connectivity index (χ0v) is 19.0. The molecule has 9 heteroatoms. The quantitative estimate of drug-likeness (QED) is 0.372. The van der Waals surface area contributed by atoms with Crippen molar-refractivity contribution in [3.63, 3.8) is 0 Å². The number of ether oxygens (including phenoxy) is 1. The maximum atomic E-state index is 13.2. The van der Waals surface area contributed by atoms with Crippen LogP contribution in [0.25, 0.3) is 10.8 Å². The standard InChI is InChI=1S/C25H24F3NO4S/c26-34(27,28)19-12-9-16(10-13-19)15-33-23-20-8-4-3-5-17(20)11-14-21(23)24(30)29-22(25(31)32)18-6-1-2-7-18/h3-5,8-14,18,22H,1-2,6-7,15H2,(H,29,30)(H,31,32)/t22-/m0/s1. The minimum absolute atomic E-state index is 0.0489. The summed E-state index contributed by atoms with van der Waals surface area (Å²) < 4.78 is 44.7. The predicted molar refractivity (Wildman–Crippen MR) is 125 cm³/mol. The third kappa shape index (κ3) is 5.30. The smallest absolute Gasteiger partial charge is 0.326 e. The van der Waals surface area contributed by atoms with Crippen molar-refractivity contribution in [3.05, 3.63) is 71.8 Å². The summed E-state index contributed by atoms with van der Waals surface area (Å²) in [6.45, 7) is -0.0489. The van der Waals surface area contributed by atoms with Crippen LogP contribution in [-0.2, 0) is 11.4 Å². The fourth-order valence-electron chi connectivity index (χ4n) is 4.36. The summed E-state index contributed by atoms with van der Waals surface area (Å²) in [5.74, 6) is -1.50. The minimum Gasteiger partial charge on any atom is -0.487 e. The molecule has 0 bridgehead atoms. The predicted octanol–water partition coefficient (Wildman–Crippen LogP) is 6.61. The van der Waals surface area contributed by atoms with Crippen LogP contribution in [0.1, 0.15) is 41.6 Å². The summed E-state index contributed by atoms with van der Waals surface area (Å²) in [6.07, 6.45) is 3.36. The molecule has 3 aromatic rings. The fourth-order valence-corrected chi connectivity index (χ4v) is 4.81. The van der Waals surface area contributed by atoms with E-state index in [0.717, 1.165) is 43.2 Å². The number of aliphatic carboxylic acids is 1. The summed E-state index contributed by atoms with van der Waals surface area (Å²) >= 11 is -5.30. The number of benzene rings is 3. The molecule has 0 aliphatic heterocycles. The molecule has 1 aliphatic carbocycles. The van der Waals surface area contributed by atoms with Gasteiger partial charge in [-0.3, -0.25) is 4.79 Å². The Morgan fingerprint density at radius 2 is 1.68 bits per heavy atom. The number of hydrogen-bond acceptors (Lipinski definition) is 3. The number of carboxylic acids is 1. The van der Waals surface area contributed by atoms with E-state index in [1.807, 2.05) is 12.1 Å². The molecule has 0 saturated heterocycles. The van der Waals surface area contributed by atoms with E-state index in [1.54, 1.807) is 24.3 Å². The van der Waals surface area contributed by atoms with Crippen molar-refractivity contribution in [3.8, 4) is 5.75 Å². The van der Waals surface area contributed by atoms with Gasteiger partial charge in [-0.05, 0) is 47.9 Å². The summed E-state index contributed by atoms with van der Waals surface area (Å²) in [5, 5.41) is 13.8. The Balaban J connectivity index is 1.61. The zero-order valence-electron chi connectivity index (χ0n) is 18.2. The van der Waals surface area contributed by atoms with Crippen molar-refractivity contribution >= 4 is 33.8 Å². The molecule has 1 atom stereocenters. The molecular formula is C25H24F3NO4S. The van der Waals surface area contributed by atoms with Crippen molar-refractivity contribution in [2.75, 3.05) is 0 Å². The van der Waals surface area contributed by atoms with Crippen LogP contribution in [-0.4, -0.2) is 23.0 Å². The monoisotopic (exact) mass is 491 g/mol. The molecule has 2 N–H and O–H groups in total. The normalized spacial score (nSPS) is 15.7. The van der Waals surface area contributed by atoms with E-state index in [2.05, 4.69) is 5.32 Å². The third-order valence-electron chi connectivity index (χ3n) is 6.12. The summed E-state index contributed by atoms with van der Waals surface area (Å²) in [6, 6.07) is 14.3. The van der Waals surface area contributed by atoms with E-state index in [4.69, 9.17) is 4.74 Å². The zero-order chi connectivity index (χ0) is 24.3. The van der Waals surface area contributed by atoms with Gasteiger partial charge >= 0.3 is 5.97 Å². The van der Waals surface area contributed by atoms with Crippen molar-refractivity contribution in [1.82, 2.24) is 5.32 Å². The second-order valence-electron chi connectivity index (χ2n) is 8.34. The van der Waals surface area contributed by atoms with Gasteiger partial charge in [0.2, 0.25) is 11.2 Å². The number of rotatable bonds is 8. The molecule has 0 radical (unpaired) electrons. The molecular weight excluding hydrogens is 467 g/mol. The molecule has 3 aromatic carbocycles. The number of amides is 1. The van der Waals surface area contributed by atoms with Gasteiger partial charge in [0.25, 0.3) is 5.91 Å². The lowest BCUT2D eigenvalue weighted by molar-refractivity contribution is -0.140. The van der Waals surface area contributed by atoms with Crippen molar-refractivity contribution < 1.29 is 31.1 Å². The minimum atomic E-state index is -5.30. The van der Waals surface area contributed by atoms with Gasteiger partial charge in [-0.2, -0.15) is 0 Å². The molecule has 1 aliphatic rings. The molecule has 1 saturated carbocycles. The van der Waals surface area contributed by atoms with Crippen LogP contribution in [0, 0.1) is 5.92 Å². The van der Waals surface area contributed by atoms with Gasteiger partial charge in [-0.1, -0.05) is 55.3 Å². The Morgan fingerprint density at radius 1 is 1.00 bits per heavy atom. The second kappa shape index (κ2) is 9.97. The average Bonchev–Trinajstić information content (AvgIpc) is 3.34. The maximum absolute atomic E-state index is 13.2. The second-order valence-corrected chi connectivity index (χ2v) is 9.62. The highest BCUT2D eigenvalue weighted by Crippen LogP contribution is 2.60. The largest absolute Gasteiger partial charge is 0.487 e. The fraction of sp³-hybridized carbons (Fsp3) is 0.280. The molecule has 1 amide bonds. The first-order chi connectivity index (χ1) is 16.2. The van der Waals surface area contributed by atoms with Crippen molar-refractivity contribution in [2.24, 2.45) is 5.92 Å². The number of fused-ring (bicyclic) bond motifs is 1. The summed E-state index contributed by atoms with van der Waals surface area (Å²) in [5.41, 5.74) is 0.695. The van der Waals surface area contributed by atoms with Crippen LogP contribution in [0.5, 0.6) is 5.75 Å². The Kier molecular flexibility index (Phi) is 7.02. The van der Waals surface area contributed by atoms with Gasteiger partial charge < -0.3 is 15.2 Å². The van der Waals surface area contributed by atoms with E-state index in [1.165, 1.54) is 12.1 Å². The van der Waals surface area contributed by atoms with E-state index < -0.39 is 34.0 Å². The van der Waals surface area contributed by atoms with Crippen LogP contribution in [0.4, 0.5) is 11.7 Å². The number of carbonyl (C=O) groups excluding carboxylic acids is 1. The molecule has 34 heavy (non-hydrogen) atoms. The Labute approximate surface area is 197 Å². The number of carbonyl (C=O) groups is 2. The molecule has 5 nitrogen and oxygen atoms in total. The van der Waals surface area contributed by atoms with Gasteiger partial charge in [0.1, 0.15) is 18.4 Å². The SMILES string of the molecule is O=C(N[C@H](C(=O)O)C1CCCC1)c1ccc2ccccc2c1OCc1ccc(S(F)(F)F)cc1. The first-order valence-corrected chi connectivity index (χ1v) is 12.3. The Morgan fingerprint density at radius 3 is 2.32 bits per heavy atom. The first-order valence-electron chi connectivity index (χ1n) is 10.9. The summed E-state index contributed by atoms with van der Waals surface area (Å²) in [7, 11) is 0. The lowest BCUT2D eigenvalue weighted by Crippen LogP contribution is -2.45. The number of hydrogen-bond donors (Lipinski definition) is 2. The van der Waals surface area contributed by atoms with E-state index in [9.17, 15) is 26.4 Å². The van der Waals surface area contributed by atoms with Crippen LogP contribution < -0.4 is 10.1 Å². The van der Waals surface area contributed by atoms with E-state index in [-0.39, 0.29) is 23.8 Å². The topological polar surface area (TPSA) is 75.6 Å². The number of carboxylic acid groups (broad SMARTS) is 1. The Hall–Kier alpha value is -3.20. The highest BCUT2D eigenvalue weighted by molar-refractivity contribution is 8.20. The molecule has 0 aromatic heterocycles. The van der Waals surface area contributed by atoms with Gasteiger partial charge in [-0.25, -0.2) is 4.79 Å². The van der Waals surface area contributed by atoms with Crippen LogP contribution >= 0.6 is 11.2 Å². The Bertz CT molecular complexity index is 1190.